The van der Waals surface area contributed by atoms with Crippen LogP contribution in [0.4, 0.5) is 10.5 Å². The van der Waals surface area contributed by atoms with E-state index in [9.17, 15) is 14.4 Å². The zero-order valence-corrected chi connectivity index (χ0v) is 13.6. The molecule has 0 bridgehead atoms. The molecule has 0 spiro atoms. The van der Waals surface area contributed by atoms with Gasteiger partial charge in [-0.3, -0.25) is 14.5 Å². The Balaban J connectivity index is 2.02. The Hall–Kier alpha value is -2.63. The lowest BCUT2D eigenvalue weighted by molar-refractivity contribution is -0.125. The third-order valence-corrected chi connectivity index (χ3v) is 3.21. The fourth-order valence-corrected chi connectivity index (χ4v) is 2.05. The lowest BCUT2D eigenvalue weighted by Gasteiger charge is -2.13. The molecule has 4 amide bonds. The first-order valence-electron chi connectivity index (χ1n) is 7.42. The number of anilines is 1. The number of carbonyl (C=O) groups excluding carboxylic acids is 3. The maximum Gasteiger partial charge on any atom is 0.324 e. The molecule has 1 aromatic carbocycles. The van der Waals surface area contributed by atoms with Gasteiger partial charge in [0.25, 0.3) is 0 Å². The van der Waals surface area contributed by atoms with Gasteiger partial charge in [0.15, 0.2) is 0 Å². The molecule has 0 radical (unpaired) electrons. The Morgan fingerprint density at radius 2 is 2.09 bits per heavy atom. The molecule has 1 aliphatic heterocycles. The number of carbonyl (C=O) groups is 3. The van der Waals surface area contributed by atoms with E-state index >= 15 is 0 Å². The van der Waals surface area contributed by atoms with Crippen molar-refractivity contribution in [3.63, 3.8) is 0 Å². The summed E-state index contributed by atoms with van der Waals surface area (Å²) in [6, 6.07) is 6.70. The first kappa shape index (κ1) is 16.7. The number of imide groups is 1. The average molecular weight is 315 g/mol. The van der Waals surface area contributed by atoms with Crippen molar-refractivity contribution in [3.8, 4) is 0 Å². The summed E-state index contributed by atoms with van der Waals surface area (Å²) in [6.45, 7) is 6.25. The lowest BCUT2D eigenvalue weighted by atomic mass is 9.96. The molecular weight excluding hydrogens is 294 g/mol. The van der Waals surface area contributed by atoms with Crippen LogP contribution in [0, 0.1) is 5.41 Å². The number of benzene rings is 1. The number of hydrogen-bond acceptors (Lipinski definition) is 3. The second kappa shape index (κ2) is 6.64. The zero-order valence-electron chi connectivity index (χ0n) is 13.6. The third-order valence-electron chi connectivity index (χ3n) is 3.21. The highest BCUT2D eigenvalue weighted by Crippen LogP contribution is 2.16. The highest BCUT2D eigenvalue weighted by atomic mass is 16.2. The molecule has 6 nitrogen and oxygen atoms in total. The van der Waals surface area contributed by atoms with Crippen LogP contribution in [0.3, 0.4) is 0 Å². The van der Waals surface area contributed by atoms with Crippen LogP contribution >= 0.6 is 0 Å². The molecule has 1 heterocycles. The molecule has 1 saturated heterocycles. The van der Waals surface area contributed by atoms with Gasteiger partial charge in [-0.05, 0) is 29.2 Å². The molecule has 122 valence electrons. The standard InChI is InChI=1S/C17H21N3O3/c1-17(2,3)8-7-14(21)19-13-6-4-5-12(9-13)11-20-15(22)10-18-16(20)23/h4-9H,10-11H2,1-3H3,(H,18,23)(H,19,21)/b8-7+. The molecule has 0 unspecified atom stereocenters. The van der Waals surface area contributed by atoms with Crippen LogP contribution in [0.15, 0.2) is 36.4 Å². The Morgan fingerprint density at radius 3 is 2.70 bits per heavy atom. The first-order valence-corrected chi connectivity index (χ1v) is 7.42. The second-order valence-corrected chi connectivity index (χ2v) is 6.53. The van der Waals surface area contributed by atoms with Gasteiger partial charge in [0, 0.05) is 5.69 Å². The van der Waals surface area contributed by atoms with E-state index in [1.165, 1.54) is 6.08 Å². The molecule has 0 atom stereocenters. The second-order valence-electron chi connectivity index (χ2n) is 6.53. The summed E-state index contributed by atoms with van der Waals surface area (Å²) >= 11 is 0. The van der Waals surface area contributed by atoms with Crippen LogP contribution in [-0.2, 0) is 16.1 Å². The maximum atomic E-state index is 11.9. The fourth-order valence-electron chi connectivity index (χ4n) is 2.05. The van der Waals surface area contributed by atoms with E-state index in [4.69, 9.17) is 0 Å². The van der Waals surface area contributed by atoms with Gasteiger partial charge in [-0.2, -0.15) is 0 Å². The number of allylic oxidation sites excluding steroid dienone is 1. The monoisotopic (exact) mass is 315 g/mol. The summed E-state index contributed by atoms with van der Waals surface area (Å²) in [5, 5.41) is 5.25. The van der Waals surface area contributed by atoms with Gasteiger partial charge in [-0.1, -0.05) is 39.0 Å². The van der Waals surface area contributed by atoms with Gasteiger partial charge in [0.2, 0.25) is 11.8 Å². The largest absolute Gasteiger partial charge is 0.329 e. The van der Waals surface area contributed by atoms with Crippen molar-refractivity contribution in [2.75, 3.05) is 11.9 Å². The highest BCUT2D eigenvalue weighted by Gasteiger charge is 2.28. The van der Waals surface area contributed by atoms with Crippen molar-refractivity contribution in [1.29, 1.82) is 0 Å². The molecule has 6 heteroatoms. The van der Waals surface area contributed by atoms with Crippen LogP contribution in [-0.4, -0.2) is 29.3 Å². The average Bonchev–Trinajstić information content (AvgIpc) is 2.77. The minimum absolute atomic E-state index is 0.0346. The first-order chi connectivity index (χ1) is 10.7. The van der Waals surface area contributed by atoms with Gasteiger partial charge in [-0.15, -0.1) is 0 Å². The Kier molecular flexibility index (Phi) is 4.83. The van der Waals surface area contributed by atoms with Crippen LogP contribution in [0.25, 0.3) is 0 Å². The Morgan fingerprint density at radius 1 is 1.35 bits per heavy atom. The Bertz CT molecular complexity index is 643. The van der Waals surface area contributed by atoms with E-state index in [0.29, 0.717) is 5.69 Å². The summed E-state index contributed by atoms with van der Waals surface area (Å²) in [7, 11) is 0. The molecule has 23 heavy (non-hydrogen) atoms. The van der Waals surface area contributed by atoms with Crippen LogP contribution < -0.4 is 10.6 Å². The summed E-state index contributed by atoms with van der Waals surface area (Å²) in [4.78, 5) is 36.2. The molecule has 1 aliphatic rings. The number of rotatable bonds is 4. The van der Waals surface area contributed by atoms with E-state index in [-0.39, 0.29) is 30.3 Å². The minimum Gasteiger partial charge on any atom is -0.329 e. The van der Waals surface area contributed by atoms with Crippen LogP contribution in [0.5, 0.6) is 0 Å². The molecule has 0 aromatic heterocycles. The van der Waals surface area contributed by atoms with E-state index < -0.39 is 6.03 Å². The summed E-state index contributed by atoms with van der Waals surface area (Å²) in [5.74, 6) is -0.468. The lowest BCUT2D eigenvalue weighted by Crippen LogP contribution is -2.30. The smallest absolute Gasteiger partial charge is 0.324 e. The summed E-state index contributed by atoms with van der Waals surface area (Å²) < 4.78 is 0. The van der Waals surface area contributed by atoms with Crippen molar-refractivity contribution >= 4 is 23.5 Å². The molecular formula is C17H21N3O3. The predicted octanol–water partition coefficient (Wildman–Crippen LogP) is 2.28. The van der Waals surface area contributed by atoms with Crippen molar-refractivity contribution < 1.29 is 14.4 Å². The van der Waals surface area contributed by atoms with E-state index in [2.05, 4.69) is 10.6 Å². The number of urea groups is 1. The van der Waals surface area contributed by atoms with Gasteiger partial charge >= 0.3 is 6.03 Å². The highest BCUT2D eigenvalue weighted by molar-refractivity contribution is 6.02. The van der Waals surface area contributed by atoms with Gasteiger partial charge in [0.1, 0.15) is 0 Å². The number of nitrogens with one attached hydrogen (secondary N) is 2. The summed E-state index contributed by atoms with van der Waals surface area (Å²) in [5.41, 5.74) is 1.33. The number of hydrogen-bond donors (Lipinski definition) is 2. The van der Waals surface area contributed by atoms with Crippen molar-refractivity contribution in [2.45, 2.75) is 27.3 Å². The number of amides is 4. The normalized spacial score (nSPS) is 15.2. The van der Waals surface area contributed by atoms with E-state index in [0.717, 1.165) is 10.5 Å². The molecule has 1 fully saturated rings. The van der Waals surface area contributed by atoms with E-state index in [1.807, 2.05) is 26.8 Å². The van der Waals surface area contributed by atoms with Crippen LogP contribution in [0.1, 0.15) is 26.3 Å². The quantitative estimate of drug-likeness (QED) is 0.661. The fraction of sp³-hybridized carbons (Fsp3) is 0.353. The minimum atomic E-state index is -0.391. The Labute approximate surface area is 135 Å². The van der Waals surface area contributed by atoms with Crippen molar-refractivity contribution in [3.05, 3.63) is 42.0 Å². The molecule has 2 N–H and O–H groups in total. The van der Waals surface area contributed by atoms with E-state index in [1.54, 1.807) is 24.3 Å². The van der Waals surface area contributed by atoms with Gasteiger partial charge in [-0.25, -0.2) is 4.79 Å². The molecule has 1 aromatic rings. The van der Waals surface area contributed by atoms with Gasteiger partial charge < -0.3 is 10.6 Å². The van der Waals surface area contributed by atoms with Crippen LogP contribution in [0.2, 0.25) is 0 Å². The molecule has 0 saturated carbocycles. The predicted molar refractivity (Wildman–Crippen MR) is 87.6 cm³/mol. The summed E-state index contributed by atoms with van der Waals surface area (Å²) in [6.07, 6.45) is 3.34. The van der Waals surface area contributed by atoms with Crippen molar-refractivity contribution in [2.24, 2.45) is 5.41 Å². The topological polar surface area (TPSA) is 78.5 Å². The number of nitrogens with zero attached hydrogens (tertiary/aromatic N) is 1. The molecule has 2 rings (SSSR count). The van der Waals surface area contributed by atoms with Crippen molar-refractivity contribution in [1.82, 2.24) is 10.2 Å². The van der Waals surface area contributed by atoms with Gasteiger partial charge in [0.05, 0.1) is 13.1 Å². The molecule has 0 aliphatic carbocycles. The zero-order chi connectivity index (χ0) is 17.0. The third kappa shape index (κ3) is 4.95. The SMILES string of the molecule is CC(C)(C)/C=C/C(=O)Nc1cccc(CN2C(=O)CNC2=O)c1. The maximum absolute atomic E-state index is 11.9.